The van der Waals surface area contributed by atoms with Crippen molar-refractivity contribution in [1.29, 1.82) is 0 Å². The molecule has 1 atom stereocenters. The van der Waals surface area contributed by atoms with Gasteiger partial charge in [-0.05, 0) is 68.4 Å². The molecule has 0 radical (unpaired) electrons. The lowest BCUT2D eigenvalue weighted by atomic mass is 10.0. The molecule has 6 nitrogen and oxygen atoms in total. The molecule has 3 heterocycles. The lowest BCUT2D eigenvalue weighted by molar-refractivity contribution is -0.129. The van der Waals surface area contributed by atoms with E-state index in [9.17, 15) is 4.79 Å². The SMILES string of the molecule is O=C(CSc1nc2c(n1-c1ccccc1)CCCC2)N1CCCC1c1ccc2c(c1)OCCO2. The maximum atomic E-state index is 13.4. The first-order valence-corrected chi connectivity index (χ1v) is 13.2. The number of thioether (sulfide) groups is 1. The van der Waals surface area contributed by atoms with Crippen molar-refractivity contribution in [2.45, 2.75) is 49.7 Å². The van der Waals surface area contributed by atoms with Crippen LogP contribution in [0.5, 0.6) is 11.5 Å². The van der Waals surface area contributed by atoms with Crippen LogP contribution in [0.4, 0.5) is 0 Å². The fraction of sp³-hybridized carbons (Fsp3) is 0.407. The Labute approximate surface area is 204 Å². The maximum Gasteiger partial charge on any atom is 0.233 e. The monoisotopic (exact) mass is 475 g/mol. The zero-order valence-electron chi connectivity index (χ0n) is 19.2. The first-order valence-electron chi connectivity index (χ1n) is 12.3. The molecule has 3 aliphatic rings. The minimum Gasteiger partial charge on any atom is -0.486 e. The van der Waals surface area contributed by atoms with Crippen molar-refractivity contribution in [2.75, 3.05) is 25.5 Å². The number of imidazole rings is 1. The van der Waals surface area contributed by atoms with Gasteiger partial charge in [-0.1, -0.05) is 36.0 Å². The topological polar surface area (TPSA) is 56.6 Å². The van der Waals surface area contributed by atoms with Gasteiger partial charge < -0.3 is 14.4 Å². The van der Waals surface area contributed by atoms with Crippen LogP contribution in [0, 0.1) is 0 Å². The summed E-state index contributed by atoms with van der Waals surface area (Å²) in [6, 6.07) is 16.6. The fourth-order valence-electron chi connectivity index (χ4n) is 5.34. The molecule has 1 amide bonds. The van der Waals surface area contributed by atoms with Gasteiger partial charge in [0.2, 0.25) is 5.91 Å². The predicted octanol–water partition coefficient (Wildman–Crippen LogP) is 4.98. The van der Waals surface area contributed by atoms with Crippen LogP contribution in [0.1, 0.15) is 48.7 Å². The van der Waals surface area contributed by atoms with Crippen molar-refractivity contribution in [3.8, 4) is 17.2 Å². The number of carbonyl (C=O) groups is 1. The Bertz CT molecular complexity index is 1190. The fourth-order valence-corrected chi connectivity index (χ4v) is 6.28. The van der Waals surface area contributed by atoms with Crippen LogP contribution in [0.3, 0.4) is 0 Å². The Morgan fingerprint density at radius 2 is 1.82 bits per heavy atom. The number of hydrogen-bond acceptors (Lipinski definition) is 5. The molecule has 7 heteroatoms. The van der Waals surface area contributed by atoms with E-state index in [0.717, 1.165) is 60.1 Å². The van der Waals surface area contributed by atoms with E-state index < -0.39 is 0 Å². The number of carbonyl (C=O) groups excluding carboxylic acids is 1. The van der Waals surface area contributed by atoms with Gasteiger partial charge in [0, 0.05) is 17.9 Å². The van der Waals surface area contributed by atoms with Gasteiger partial charge in [0.1, 0.15) is 13.2 Å². The molecular weight excluding hydrogens is 446 g/mol. The summed E-state index contributed by atoms with van der Waals surface area (Å²) in [5.74, 6) is 2.14. The van der Waals surface area contributed by atoms with E-state index in [4.69, 9.17) is 14.5 Å². The van der Waals surface area contributed by atoms with E-state index in [1.165, 1.54) is 24.2 Å². The molecule has 1 saturated heterocycles. The van der Waals surface area contributed by atoms with Crippen molar-refractivity contribution in [1.82, 2.24) is 14.5 Å². The van der Waals surface area contributed by atoms with Gasteiger partial charge in [-0.3, -0.25) is 9.36 Å². The number of likely N-dealkylation sites (tertiary alicyclic amines) is 1. The summed E-state index contributed by atoms with van der Waals surface area (Å²) in [5, 5.41) is 0.932. The average molecular weight is 476 g/mol. The maximum absolute atomic E-state index is 13.4. The molecule has 0 N–H and O–H groups in total. The van der Waals surface area contributed by atoms with E-state index in [-0.39, 0.29) is 11.9 Å². The number of para-hydroxylation sites is 1. The van der Waals surface area contributed by atoms with E-state index in [1.54, 1.807) is 11.8 Å². The number of rotatable bonds is 5. The highest BCUT2D eigenvalue weighted by Gasteiger charge is 2.31. The molecule has 3 aromatic rings. The third-order valence-corrected chi connectivity index (χ3v) is 7.89. The van der Waals surface area contributed by atoms with Crippen molar-refractivity contribution in [3.05, 3.63) is 65.5 Å². The van der Waals surface area contributed by atoms with Crippen LogP contribution < -0.4 is 9.47 Å². The van der Waals surface area contributed by atoms with Gasteiger partial charge >= 0.3 is 0 Å². The quantitative estimate of drug-likeness (QED) is 0.487. The molecule has 1 unspecified atom stereocenters. The second-order valence-corrected chi connectivity index (χ2v) is 10.0. The Morgan fingerprint density at radius 1 is 1.00 bits per heavy atom. The van der Waals surface area contributed by atoms with E-state index in [2.05, 4.69) is 34.9 Å². The normalized spacial score (nSPS) is 19.2. The Balaban J connectivity index is 1.21. The Hall–Kier alpha value is -2.93. The second kappa shape index (κ2) is 9.37. The number of amides is 1. The van der Waals surface area contributed by atoms with Crippen molar-refractivity contribution >= 4 is 17.7 Å². The summed E-state index contributed by atoms with van der Waals surface area (Å²) in [4.78, 5) is 20.4. The number of aryl methyl sites for hydroxylation is 1. The highest BCUT2D eigenvalue weighted by Crippen LogP contribution is 2.39. The zero-order valence-corrected chi connectivity index (χ0v) is 20.1. The Morgan fingerprint density at radius 3 is 2.71 bits per heavy atom. The Kier molecular flexibility index (Phi) is 5.95. The summed E-state index contributed by atoms with van der Waals surface area (Å²) >= 11 is 1.57. The number of ether oxygens (including phenoxy) is 2. The molecule has 2 aromatic carbocycles. The third kappa shape index (κ3) is 4.06. The molecule has 1 aromatic heterocycles. The molecule has 2 aliphatic heterocycles. The van der Waals surface area contributed by atoms with Gasteiger partial charge in [0.15, 0.2) is 16.7 Å². The van der Waals surface area contributed by atoms with Crippen LogP contribution in [0.25, 0.3) is 5.69 Å². The zero-order chi connectivity index (χ0) is 22.9. The van der Waals surface area contributed by atoms with Crippen LogP contribution in [0.15, 0.2) is 53.7 Å². The van der Waals surface area contributed by atoms with E-state index >= 15 is 0 Å². The lowest BCUT2D eigenvalue weighted by Gasteiger charge is -2.26. The van der Waals surface area contributed by atoms with Gasteiger partial charge in [0.05, 0.1) is 17.5 Å². The van der Waals surface area contributed by atoms with Crippen LogP contribution in [0.2, 0.25) is 0 Å². The standard InChI is InChI=1S/C27H29N3O3S/c31-26(29-14-6-11-22(29)19-12-13-24-25(17-19)33-16-15-32-24)18-34-27-28-21-9-4-5-10-23(21)30(27)20-7-2-1-3-8-20/h1-3,7-8,12-13,17,22H,4-6,9-11,14-16,18H2. The van der Waals surface area contributed by atoms with E-state index in [0.29, 0.717) is 19.0 Å². The number of benzene rings is 2. The van der Waals surface area contributed by atoms with Gasteiger partial charge in [-0.2, -0.15) is 0 Å². The number of fused-ring (bicyclic) bond motifs is 2. The minimum absolute atomic E-state index is 0.0889. The number of aromatic nitrogens is 2. The minimum atomic E-state index is 0.0889. The van der Waals surface area contributed by atoms with Gasteiger partial charge in [0.25, 0.3) is 0 Å². The highest BCUT2D eigenvalue weighted by atomic mass is 32.2. The average Bonchev–Trinajstić information content (AvgIpc) is 3.52. The summed E-state index contributed by atoms with van der Waals surface area (Å²) < 4.78 is 13.7. The van der Waals surface area contributed by atoms with Crippen LogP contribution in [-0.2, 0) is 17.6 Å². The summed E-state index contributed by atoms with van der Waals surface area (Å²) in [6.07, 6.45) is 6.44. The van der Waals surface area contributed by atoms with Gasteiger partial charge in [-0.25, -0.2) is 4.98 Å². The summed E-state index contributed by atoms with van der Waals surface area (Å²) in [6.45, 7) is 1.94. The van der Waals surface area contributed by atoms with Crippen LogP contribution in [-0.4, -0.2) is 45.9 Å². The lowest BCUT2D eigenvalue weighted by Crippen LogP contribution is -2.32. The van der Waals surface area contributed by atoms with Gasteiger partial charge in [-0.15, -0.1) is 0 Å². The summed E-state index contributed by atoms with van der Waals surface area (Å²) in [5.41, 5.74) is 4.76. The molecule has 0 bridgehead atoms. The third-order valence-electron chi connectivity index (χ3n) is 6.97. The predicted molar refractivity (Wildman–Crippen MR) is 132 cm³/mol. The summed E-state index contributed by atoms with van der Waals surface area (Å²) in [7, 11) is 0. The van der Waals surface area contributed by atoms with Crippen LogP contribution >= 0.6 is 11.8 Å². The van der Waals surface area contributed by atoms with Crippen molar-refractivity contribution in [2.24, 2.45) is 0 Å². The number of nitrogens with zero attached hydrogens (tertiary/aromatic N) is 3. The molecule has 6 rings (SSSR count). The van der Waals surface area contributed by atoms with E-state index in [1.807, 2.05) is 23.1 Å². The smallest absolute Gasteiger partial charge is 0.233 e. The van der Waals surface area contributed by atoms with Crippen molar-refractivity contribution < 1.29 is 14.3 Å². The molecule has 0 spiro atoms. The first-order chi connectivity index (χ1) is 16.8. The molecule has 176 valence electrons. The highest BCUT2D eigenvalue weighted by molar-refractivity contribution is 7.99. The van der Waals surface area contributed by atoms with Crippen molar-refractivity contribution in [3.63, 3.8) is 0 Å². The first kappa shape index (κ1) is 21.6. The second-order valence-electron chi connectivity index (χ2n) is 9.10. The number of hydrogen-bond donors (Lipinski definition) is 0. The molecule has 34 heavy (non-hydrogen) atoms. The molecular formula is C27H29N3O3S. The molecule has 1 fully saturated rings. The largest absolute Gasteiger partial charge is 0.486 e. The molecule has 1 aliphatic carbocycles. The molecule has 0 saturated carbocycles.